The van der Waals surface area contributed by atoms with Gasteiger partial charge < -0.3 is 9.47 Å². The normalized spacial score (nSPS) is 18.8. The van der Waals surface area contributed by atoms with E-state index < -0.39 is 0 Å². The van der Waals surface area contributed by atoms with Crippen molar-refractivity contribution in [3.8, 4) is 0 Å². The smallest absolute Gasteiger partial charge is 0.309 e. The lowest BCUT2D eigenvalue weighted by atomic mass is 9.98. The van der Waals surface area contributed by atoms with E-state index in [9.17, 15) is 4.79 Å². The van der Waals surface area contributed by atoms with Gasteiger partial charge in [-0.3, -0.25) is 9.69 Å². The van der Waals surface area contributed by atoms with Crippen LogP contribution in [0.4, 0.5) is 0 Å². The number of esters is 1. The Morgan fingerprint density at radius 2 is 2.05 bits per heavy atom. The molecule has 110 valence electrons. The Morgan fingerprint density at radius 1 is 1.35 bits per heavy atom. The first-order chi connectivity index (χ1) is 9.53. The summed E-state index contributed by atoms with van der Waals surface area (Å²) in [6.45, 7) is 7.64. The summed E-state index contributed by atoms with van der Waals surface area (Å²) in [4.78, 5) is 13.9. The maximum atomic E-state index is 11.5. The fourth-order valence-electron chi connectivity index (χ4n) is 2.50. The van der Waals surface area contributed by atoms with Crippen LogP contribution in [0.2, 0.25) is 0 Å². The molecule has 1 aromatic carbocycles. The molecule has 0 spiro atoms. The van der Waals surface area contributed by atoms with Gasteiger partial charge in [0.2, 0.25) is 0 Å². The summed E-state index contributed by atoms with van der Waals surface area (Å²) < 4.78 is 10.3. The van der Waals surface area contributed by atoms with Crippen molar-refractivity contribution < 1.29 is 14.3 Å². The molecule has 0 bridgehead atoms. The highest BCUT2D eigenvalue weighted by atomic mass is 16.5. The van der Waals surface area contributed by atoms with Gasteiger partial charge in [0.25, 0.3) is 0 Å². The van der Waals surface area contributed by atoms with Crippen molar-refractivity contribution in [2.75, 3.05) is 26.9 Å². The summed E-state index contributed by atoms with van der Waals surface area (Å²) in [6.07, 6.45) is 0.331. The Morgan fingerprint density at radius 3 is 2.70 bits per heavy atom. The average Bonchev–Trinajstić information content (AvgIpc) is 2.43. The summed E-state index contributed by atoms with van der Waals surface area (Å²) in [5.74, 6) is -0.196. The molecular formula is C16H23NO3. The van der Waals surface area contributed by atoms with Gasteiger partial charge in [-0.2, -0.15) is 0 Å². The minimum Gasteiger partial charge on any atom is -0.469 e. The molecule has 4 heteroatoms. The van der Waals surface area contributed by atoms with E-state index in [0.717, 1.165) is 31.9 Å². The molecule has 0 N–H and O–H groups in total. The highest BCUT2D eigenvalue weighted by Gasteiger charge is 2.30. The minimum atomic E-state index is -0.196. The third-order valence-electron chi connectivity index (χ3n) is 3.86. The van der Waals surface area contributed by atoms with Gasteiger partial charge in [-0.1, -0.05) is 24.3 Å². The molecule has 0 saturated carbocycles. The molecule has 0 radical (unpaired) electrons. The van der Waals surface area contributed by atoms with Gasteiger partial charge in [0.1, 0.15) is 0 Å². The van der Waals surface area contributed by atoms with Crippen molar-refractivity contribution in [3.05, 3.63) is 35.4 Å². The third-order valence-corrected chi connectivity index (χ3v) is 3.86. The van der Waals surface area contributed by atoms with E-state index in [4.69, 9.17) is 9.47 Å². The maximum Gasteiger partial charge on any atom is 0.309 e. The molecule has 1 fully saturated rings. The standard InChI is InChI=1S/C16H23NO3/c1-16(2)12-20-9-8-17(16)11-14-7-5-4-6-13(14)10-15(18)19-3/h4-7H,8-12H2,1-3H3. The van der Waals surface area contributed by atoms with Crippen LogP contribution in [-0.4, -0.2) is 43.3 Å². The number of hydrogen-bond donors (Lipinski definition) is 0. The predicted molar refractivity (Wildman–Crippen MR) is 77.5 cm³/mol. The Bertz CT molecular complexity index is 471. The zero-order chi connectivity index (χ0) is 14.6. The molecule has 0 aromatic heterocycles. The molecule has 0 atom stereocenters. The van der Waals surface area contributed by atoms with Crippen LogP contribution in [0.3, 0.4) is 0 Å². The number of carbonyl (C=O) groups excluding carboxylic acids is 1. The number of rotatable bonds is 4. The first kappa shape index (κ1) is 15.0. The Kier molecular flexibility index (Phi) is 4.78. The van der Waals surface area contributed by atoms with E-state index >= 15 is 0 Å². The van der Waals surface area contributed by atoms with Crippen molar-refractivity contribution in [1.82, 2.24) is 4.90 Å². The van der Waals surface area contributed by atoms with Gasteiger partial charge in [-0.25, -0.2) is 0 Å². The lowest BCUT2D eigenvalue weighted by Crippen LogP contribution is -2.52. The Balaban J connectivity index is 2.14. The molecule has 0 aliphatic carbocycles. The van der Waals surface area contributed by atoms with Crippen LogP contribution in [-0.2, 0) is 27.2 Å². The number of nitrogens with zero attached hydrogens (tertiary/aromatic N) is 1. The summed E-state index contributed by atoms with van der Waals surface area (Å²) in [6, 6.07) is 8.07. The van der Waals surface area contributed by atoms with Gasteiger partial charge in [-0.05, 0) is 25.0 Å². The predicted octanol–water partition coefficient (Wildman–Crippen LogP) is 2.01. The molecule has 1 aromatic rings. The van der Waals surface area contributed by atoms with Gasteiger partial charge in [0.15, 0.2) is 0 Å². The fraction of sp³-hybridized carbons (Fsp3) is 0.562. The second-order valence-corrected chi connectivity index (χ2v) is 5.81. The molecule has 0 unspecified atom stereocenters. The molecule has 1 aliphatic heterocycles. The van der Waals surface area contributed by atoms with E-state index in [1.54, 1.807) is 0 Å². The topological polar surface area (TPSA) is 38.8 Å². The molecule has 1 heterocycles. The highest BCUT2D eigenvalue weighted by Crippen LogP contribution is 2.23. The molecule has 4 nitrogen and oxygen atoms in total. The van der Waals surface area contributed by atoms with Crippen LogP contribution in [0.5, 0.6) is 0 Å². The summed E-state index contributed by atoms with van der Waals surface area (Å²) in [5.41, 5.74) is 2.26. The molecule has 20 heavy (non-hydrogen) atoms. The second-order valence-electron chi connectivity index (χ2n) is 5.81. The first-order valence-electron chi connectivity index (χ1n) is 6.99. The van der Waals surface area contributed by atoms with Crippen molar-refractivity contribution >= 4 is 5.97 Å². The van der Waals surface area contributed by atoms with Gasteiger partial charge >= 0.3 is 5.97 Å². The van der Waals surface area contributed by atoms with Crippen LogP contribution in [0.25, 0.3) is 0 Å². The van der Waals surface area contributed by atoms with Crippen molar-refractivity contribution in [2.45, 2.75) is 32.4 Å². The summed E-state index contributed by atoms with van der Waals surface area (Å²) >= 11 is 0. The van der Waals surface area contributed by atoms with E-state index in [1.165, 1.54) is 12.7 Å². The van der Waals surface area contributed by atoms with Crippen molar-refractivity contribution in [2.24, 2.45) is 0 Å². The van der Waals surface area contributed by atoms with Crippen LogP contribution in [0.1, 0.15) is 25.0 Å². The number of methoxy groups -OCH3 is 1. The van der Waals surface area contributed by atoms with E-state index in [2.05, 4.69) is 24.8 Å². The molecule has 2 rings (SSSR count). The lowest BCUT2D eigenvalue weighted by molar-refractivity contribution is -0.139. The van der Waals surface area contributed by atoms with Crippen LogP contribution < -0.4 is 0 Å². The van der Waals surface area contributed by atoms with E-state index in [0.29, 0.717) is 6.42 Å². The maximum absolute atomic E-state index is 11.5. The Labute approximate surface area is 120 Å². The molecular weight excluding hydrogens is 254 g/mol. The SMILES string of the molecule is COC(=O)Cc1ccccc1CN1CCOCC1(C)C. The van der Waals surface area contributed by atoms with Crippen molar-refractivity contribution in [1.29, 1.82) is 0 Å². The first-order valence-corrected chi connectivity index (χ1v) is 6.99. The number of benzene rings is 1. The quantitative estimate of drug-likeness (QED) is 0.789. The lowest BCUT2D eigenvalue weighted by Gasteiger charge is -2.42. The van der Waals surface area contributed by atoms with Gasteiger partial charge in [0, 0.05) is 18.6 Å². The minimum absolute atomic E-state index is 0.0244. The van der Waals surface area contributed by atoms with E-state index in [1.807, 2.05) is 18.2 Å². The average molecular weight is 277 g/mol. The van der Waals surface area contributed by atoms with Gasteiger partial charge in [0.05, 0.1) is 26.7 Å². The summed E-state index contributed by atoms with van der Waals surface area (Å²) in [7, 11) is 1.43. The molecule has 1 saturated heterocycles. The van der Waals surface area contributed by atoms with Crippen LogP contribution in [0, 0.1) is 0 Å². The molecule has 1 aliphatic rings. The number of carbonyl (C=O) groups is 1. The second kappa shape index (κ2) is 6.37. The van der Waals surface area contributed by atoms with Crippen LogP contribution >= 0.6 is 0 Å². The van der Waals surface area contributed by atoms with Crippen molar-refractivity contribution in [3.63, 3.8) is 0 Å². The molecule has 0 amide bonds. The monoisotopic (exact) mass is 277 g/mol. The number of ether oxygens (including phenoxy) is 2. The third kappa shape index (κ3) is 3.58. The number of morpholine rings is 1. The highest BCUT2D eigenvalue weighted by molar-refractivity contribution is 5.72. The zero-order valence-electron chi connectivity index (χ0n) is 12.5. The van der Waals surface area contributed by atoms with E-state index in [-0.39, 0.29) is 11.5 Å². The summed E-state index contributed by atoms with van der Waals surface area (Å²) in [5, 5.41) is 0. The van der Waals surface area contributed by atoms with Crippen LogP contribution in [0.15, 0.2) is 24.3 Å². The number of hydrogen-bond acceptors (Lipinski definition) is 4. The zero-order valence-corrected chi connectivity index (χ0v) is 12.5. The largest absolute Gasteiger partial charge is 0.469 e. The van der Waals surface area contributed by atoms with Gasteiger partial charge in [-0.15, -0.1) is 0 Å². The Hall–Kier alpha value is -1.39. The fourth-order valence-corrected chi connectivity index (χ4v) is 2.50.